The molecule has 5 nitrogen and oxygen atoms in total. The fraction of sp³-hybridized carbons (Fsp3) is 0.0625. The third-order valence-corrected chi connectivity index (χ3v) is 3.05. The average molecular weight is 331 g/mol. The van der Waals surface area contributed by atoms with Crippen LogP contribution in [0, 0.1) is 0 Å². The van der Waals surface area contributed by atoms with Gasteiger partial charge in [0.25, 0.3) is 0 Å². The minimum atomic E-state index is -4.41. The van der Waals surface area contributed by atoms with Crippen LogP contribution in [0.4, 0.5) is 36.3 Å². The maximum absolute atomic E-state index is 12.7. The molecule has 0 aliphatic heterocycles. The Hall–Kier alpha value is -3.16. The lowest BCUT2D eigenvalue weighted by atomic mass is 10.2. The van der Waals surface area contributed by atoms with Crippen LogP contribution in [-0.4, -0.2) is 15.2 Å². The van der Waals surface area contributed by atoms with Crippen LogP contribution in [0.25, 0.3) is 0 Å². The number of benzene rings is 2. The van der Waals surface area contributed by atoms with E-state index in [1.165, 1.54) is 18.3 Å². The Balaban J connectivity index is 1.78. The lowest BCUT2D eigenvalue weighted by Gasteiger charge is -2.10. The zero-order valence-corrected chi connectivity index (χ0v) is 12.2. The average Bonchev–Trinajstić information content (AvgIpc) is 2.56. The Morgan fingerprint density at radius 3 is 2.33 bits per heavy atom. The van der Waals surface area contributed by atoms with Gasteiger partial charge in [-0.1, -0.05) is 24.3 Å². The van der Waals surface area contributed by atoms with Crippen molar-refractivity contribution in [1.82, 2.24) is 15.2 Å². The van der Waals surface area contributed by atoms with Crippen LogP contribution in [0.3, 0.4) is 0 Å². The molecule has 2 aromatic carbocycles. The van der Waals surface area contributed by atoms with Crippen LogP contribution < -0.4 is 10.6 Å². The molecule has 2 N–H and O–H groups in total. The second-order valence-electron chi connectivity index (χ2n) is 4.86. The molecule has 8 heteroatoms. The van der Waals surface area contributed by atoms with Gasteiger partial charge < -0.3 is 10.6 Å². The van der Waals surface area contributed by atoms with Gasteiger partial charge in [0.05, 0.1) is 11.8 Å². The number of halogens is 3. The van der Waals surface area contributed by atoms with Crippen LogP contribution in [0.2, 0.25) is 0 Å². The Bertz CT molecular complexity index is 821. The molecule has 122 valence electrons. The van der Waals surface area contributed by atoms with Crippen molar-refractivity contribution in [3.63, 3.8) is 0 Å². The van der Waals surface area contributed by atoms with E-state index in [0.717, 1.165) is 17.8 Å². The molecule has 0 saturated carbocycles. The highest BCUT2D eigenvalue weighted by molar-refractivity contribution is 5.59. The van der Waals surface area contributed by atoms with Crippen LogP contribution in [0.5, 0.6) is 0 Å². The number of anilines is 4. The maximum atomic E-state index is 12.7. The standard InChI is InChI=1S/C16H12F3N5/c17-16(18,19)11-5-4-8-13(9-11)22-15-23-14(10-20-24-15)21-12-6-2-1-3-7-12/h1-10H,(H2,21,22,23,24). The van der Waals surface area contributed by atoms with Crippen LogP contribution >= 0.6 is 0 Å². The van der Waals surface area contributed by atoms with Crippen LogP contribution in [-0.2, 0) is 6.18 Å². The predicted octanol–water partition coefficient (Wildman–Crippen LogP) is 4.38. The molecular formula is C16H12F3N5. The first-order valence-corrected chi connectivity index (χ1v) is 6.97. The van der Waals surface area contributed by atoms with E-state index in [2.05, 4.69) is 25.8 Å². The number of rotatable bonds is 4. The Kier molecular flexibility index (Phi) is 4.28. The first-order valence-electron chi connectivity index (χ1n) is 6.97. The smallest absolute Gasteiger partial charge is 0.339 e. The van der Waals surface area contributed by atoms with Crippen molar-refractivity contribution >= 4 is 23.1 Å². The summed E-state index contributed by atoms with van der Waals surface area (Å²) in [7, 11) is 0. The molecule has 24 heavy (non-hydrogen) atoms. The minimum absolute atomic E-state index is 0.0928. The fourth-order valence-electron chi connectivity index (χ4n) is 1.99. The van der Waals surface area contributed by atoms with E-state index in [-0.39, 0.29) is 11.6 Å². The van der Waals surface area contributed by atoms with E-state index >= 15 is 0 Å². The summed E-state index contributed by atoms with van der Waals surface area (Å²) in [6.07, 6.45) is -2.99. The Morgan fingerprint density at radius 1 is 0.833 bits per heavy atom. The van der Waals surface area contributed by atoms with E-state index in [9.17, 15) is 13.2 Å². The zero-order chi connectivity index (χ0) is 17.0. The second kappa shape index (κ2) is 6.53. The van der Waals surface area contributed by atoms with Gasteiger partial charge in [-0.2, -0.15) is 23.3 Å². The number of hydrogen-bond donors (Lipinski definition) is 2. The topological polar surface area (TPSA) is 62.7 Å². The number of alkyl halides is 3. The molecule has 0 aliphatic carbocycles. The summed E-state index contributed by atoms with van der Waals surface area (Å²) in [5.41, 5.74) is 0.283. The van der Waals surface area contributed by atoms with Gasteiger partial charge in [-0.25, -0.2) is 0 Å². The van der Waals surface area contributed by atoms with Gasteiger partial charge in [-0.05, 0) is 30.3 Å². The minimum Gasteiger partial charge on any atom is -0.339 e. The normalized spacial score (nSPS) is 11.1. The highest BCUT2D eigenvalue weighted by Gasteiger charge is 2.30. The van der Waals surface area contributed by atoms with E-state index in [4.69, 9.17) is 0 Å². The SMILES string of the molecule is FC(F)(F)c1cccc(Nc2nncc(Nc3ccccc3)n2)c1. The van der Waals surface area contributed by atoms with Crippen molar-refractivity contribution in [2.75, 3.05) is 10.6 Å². The van der Waals surface area contributed by atoms with Crippen LogP contribution in [0.15, 0.2) is 60.8 Å². The predicted molar refractivity (Wildman–Crippen MR) is 84.3 cm³/mol. The molecule has 0 atom stereocenters. The molecule has 1 aromatic heterocycles. The molecule has 3 aromatic rings. The third-order valence-electron chi connectivity index (χ3n) is 3.05. The van der Waals surface area contributed by atoms with Gasteiger partial charge in [0.15, 0.2) is 5.82 Å². The quantitative estimate of drug-likeness (QED) is 0.743. The molecule has 0 bridgehead atoms. The molecule has 0 amide bonds. The number of aromatic nitrogens is 3. The summed E-state index contributed by atoms with van der Waals surface area (Å²) < 4.78 is 38.2. The largest absolute Gasteiger partial charge is 0.416 e. The molecule has 0 saturated heterocycles. The summed E-state index contributed by atoms with van der Waals surface area (Å²) in [5, 5.41) is 13.3. The first kappa shape index (κ1) is 15.7. The fourth-order valence-corrected chi connectivity index (χ4v) is 1.99. The summed E-state index contributed by atoms with van der Waals surface area (Å²) in [6.45, 7) is 0. The van der Waals surface area contributed by atoms with E-state index in [1.807, 2.05) is 30.3 Å². The Morgan fingerprint density at radius 2 is 1.58 bits per heavy atom. The summed E-state index contributed by atoms with van der Waals surface area (Å²) in [4.78, 5) is 4.18. The van der Waals surface area contributed by atoms with Crippen molar-refractivity contribution in [2.24, 2.45) is 0 Å². The molecule has 3 rings (SSSR count). The van der Waals surface area contributed by atoms with E-state index < -0.39 is 11.7 Å². The van der Waals surface area contributed by atoms with E-state index in [1.54, 1.807) is 0 Å². The zero-order valence-electron chi connectivity index (χ0n) is 12.2. The van der Waals surface area contributed by atoms with Gasteiger partial charge in [0.2, 0.25) is 5.95 Å². The molecule has 0 spiro atoms. The van der Waals surface area contributed by atoms with Crippen molar-refractivity contribution in [3.8, 4) is 0 Å². The molecule has 1 heterocycles. The van der Waals surface area contributed by atoms with Crippen molar-refractivity contribution in [3.05, 3.63) is 66.4 Å². The van der Waals surface area contributed by atoms with Gasteiger partial charge in [0, 0.05) is 11.4 Å². The summed E-state index contributed by atoms with van der Waals surface area (Å²) in [6, 6.07) is 14.1. The molecule has 0 fully saturated rings. The number of nitrogens with zero attached hydrogens (tertiary/aromatic N) is 3. The maximum Gasteiger partial charge on any atom is 0.416 e. The second-order valence-corrected chi connectivity index (χ2v) is 4.86. The number of para-hydroxylation sites is 1. The molecule has 0 unspecified atom stereocenters. The van der Waals surface area contributed by atoms with Gasteiger partial charge >= 0.3 is 6.18 Å². The first-order chi connectivity index (χ1) is 11.5. The Labute approximate surface area is 135 Å². The van der Waals surface area contributed by atoms with Crippen molar-refractivity contribution < 1.29 is 13.2 Å². The van der Waals surface area contributed by atoms with Crippen molar-refractivity contribution in [2.45, 2.75) is 6.18 Å². The van der Waals surface area contributed by atoms with Gasteiger partial charge in [-0.3, -0.25) is 0 Å². The third kappa shape index (κ3) is 3.97. The van der Waals surface area contributed by atoms with Gasteiger partial charge in [0.1, 0.15) is 0 Å². The monoisotopic (exact) mass is 331 g/mol. The number of nitrogens with one attached hydrogen (secondary N) is 2. The van der Waals surface area contributed by atoms with Crippen LogP contribution in [0.1, 0.15) is 5.56 Å². The number of hydrogen-bond acceptors (Lipinski definition) is 5. The lowest BCUT2D eigenvalue weighted by Crippen LogP contribution is -2.06. The van der Waals surface area contributed by atoms with E-state index in [0.29, 0.717) is 5.82 Å². The van der Waals surface area contributed by atoms with Crippen molar-refractivity contribution in [1.29, 1.82) is 0 Å². The van der Waals surface area contributed by atoms with Gasteiger partial charge in [-0.15, -0.1) is 5.10 Å². The summed E-state index contributed by atoms with van der Waals surface area (Å²) in [5.74, 6) is 0.515. The molecular weight excluding hydrogens is 319 g/mol. The highest BCUT2D eigenvalue weighted by atomic mass is 19.4. The molecule has 0 aliphatic rings. The highest BCUT2D eigenvalue weighted by Crippen LogP contribution is 2.31. The molecule has 0 radical (unpaired) electrons. The lowest BCUT2D eigenvalue weighted by molar-refractivity contribution is -0.137. The summed E-state index contributed by atoms with van der Waals surface area (Å²) >= 11 is 0.